The standard InChI is InChI=1S/C21H26N4O5/c1-11-4-6-21(7-5-11)18(29)25(19(30)23-21)24-17(28)13-8-12-14(22-16(13)27)9-20(2,3)10-15(12)26/h8,11H,4-7,9-10H2,1-3H3,(H,22,27)(H,23,30)(H,24,28). The molecule has 1 aliphatic heterocycles. The van der Waals surface area contributed by atoms with Crippen LogP contribution in [0, 0.1) is 11.3 Å². The van der Waals surface area contributed by atoms with E-state index >= 15 is 0 Å². The number of rotatable bonds is 2. The van der Waals surface area contributed by atoms with Gasteiger partial charge in [0.1, 0.15) is 11.1 Å². The topological polar surface area (TPSA) is 128 Å². The molecule has 1 aromatic rings. The van der Waals surface area contributed by atoms with E-state index < -0.39 is 28.9 Å². The molecule has 160 valence electrons. The largest absolute Gasteiger partial charge is 0.344 e. The van der Waals surface area contributed by atoms with E-state index in [0.29, 0.717) is 47.9 Å². The number of aromatic amines is 1. The first kappa shape index (κ1) is 20.3. The monoisotopic (exact) mass is 414 g/mol. The van der Waals surface area contributed by atoms with Crippen LogP contribution in [0.5, 0.6) is 0 Å². The van der Waals surface area contributed by atoms with Crippen LogP contribution in [0.3, 0.4) is 0 Å². The van der Waals surface area contributed by atoms with Gasteiger partial charge in [-0.15, -0.1) is 0 Å². The minimum absolute atomic E-state index is 0.156. The third-order valence-electron chi connectivity index (χ3n) is 6.47. The van der Waals surface area contributed by atoms with E-state index in [1.807, 2.05) is 13.8 Å². The van der Waals surface area contributed by atoms with Gasteiger partial charge in [0.2, 0.25) is 0 Å². The second kappa shape index (κ2) is 6.78. The summed E-state index contributed by atoms with van der Waals surface area (Å²) in [5.41, 5.74) is 0.819. The smallest absolute Gasteiger partial charge is 0.325 e. The van der Waals surface area contributed by atoms with Crippen molar-refractivity contribution in [2.75, 3.05) is 0 Å². The number of urea groups is 1. The van der Waals surface area contributed by atoms with Crippen LogP contribution in [-0.4, -0.2) is 39.2 Å². The van der Waals surface area contributed by atoms with Crippen LogP contribution in [0.25, 0.3) is 0 Å². The molecule has 30 heavy (non-hydrogen) atoms. The van der Waals surface area contributed by atoms with Gasteiger partial charge in [-0.05, 0) is 49.5 Å². The average molecular weight is 414 g/mol. The van der Waals surface area contributed by atoms with Crippen LogP contribution in [0.4, 0.5) is 4.79 Å². The van der Waals surface area contributed by atoms with Gasteiger partial charge in [-0.3, -0.25) is 24.6 Å². The molecule has 9 nitrogen and oxygen atoms in total. The summed E-state index contributed by atoms with van der Waals surface area (Å²) in [6.07, 6.45) is 3.44. The molecule has 0 radical (unpaired) electrons. The number of nitrogens with one attached hydrogen (secondary N) is 3. The van der Waals surface area contributed by atoms with Crippen molar-refractivity contribution in [3.05, 3.63) is 33.2 Å². The number of hydrogen-bond acceptors (Lipinski definition) is 5. The minimum atomic E-state index is -0.999. The highest BCUT2D eigenvalue weighted by atomic mass is 16.2. The molecule has 4 rings (SSSR count). The molecule has 0 atom stereocenters. The number of imide groups is 1. The lowest BCUT2D eigenvalue weighted by Crippen LogP contribution is -2.52. The predicted molar refractivity (Wildman–Crippen MR) is 107 cm³/mol. The van der Waals surface area contributed by atoms with Crippen LogP contribution in [-0.2, 0) is 11.2 Å². The zero-order chi connectivity index (χ0) is 21.8. The number of carbonyl (C=O) groups is 4. The maximum Gasteiger partial charge on any atom is 0.344 e. The fraction of sp³-hybridized carbons (Fsp3) is 0.571. The van der Waals surface area contributed by atoms with Gasteiger partial charge >= 0.3 is 6.03 Å². The van der Waals surface area contributed by atoms with Crippen LogP contribution in [0.15, 0.2) is 10.9 Å². The van der Waals surface area contributed by atoms with Crippen LogP contribution >= 0.6 is 0 Å². The molecule has 3 N–H and O–H groups in total. The van der Waals surface area contributed by atoms with Crippen molar-refractivity contribution < 1.29 is 19.2 Å². The third kappa shape index (κ3) is 3.32. The Kier molecular flexibility index (Phi) is 4.59. The molecule has 9 heteroatoms. The number of hydrogen-bond donors (Lipinski definition) is 3. The molecular weight excluding hydrogens is 388 g/mol. The molecule has 2 aliphatic carbocycles. The summed E-state index contributed by atoms with van der Waals surface area (Å²) in [5, 5.41) is 3.36. The normalized spacial score (nSPS) is 27.8. The number of fused-ring (bicyclic) bond motifs is 1. The van der Waals surface area contributed by atoms with Gasteiger partial charge in [0.05, 0.1) is 0 Å². The maximum absolute atomic E-state index is 12.9. The lowest BCUT2D eigenvalue weighted by molar-refractivity contribution is -0.134. The Bertz CT molecular complexity index is 1020. The van der Waals surface area contributed by atoms with Crippen molar-refractivity contribution in [1.82, 2.24) is 20.7 Å². The lowest BCUT2D eigenvalue weighted by atomic mass is 9.75. The number of carbonyl (C=O) groups excluding carboxylic acids is 4. The Balaban J connectivity index is 1.57. The number of pyridine rings is 1. The van der Waals surface area contributed by atoms with E-state index in [9.17, 15) is 24.0 Å². The van der Waals surface area contributed by atoms with Crippen LogP contribution in [0.1, 0.15) is 79.3 Å². The first-order valence-electron chi connectivity index (χ1n) is 10.3. The van der Waals surface area contributed by atoms with Gasteiger partial charge < -0.3 is 10.3 Å². The zero-order valence-corrected chi connectivity index (χ0v) is 17.4. The fourth-order valence-corrected chi connectivity index (χ4v) is 4.67. The molecule has 2 fully saturated rings. The van der Waals surface area contributed by atoms with Crippen LogP contribution < -0.4 is 16.3 Å². The van der Waals surface area contributed by atoms with Crippen molar-refractivity contribution in [2.24, 2.45) is 11.3 Å². The van der Waals surface area contributed by atoms with Gasteiger partial charge in [-0.1, -0.05) is 20.8 Å². The Morgan fingerprint density at radius 3 is 2.47 bits per heavy atom. The SMILES string of the molecule is CC1CCC2(CC1)NC(=O)N(NC(=O)c1cc3c([nH]c1=O)CC(C)(C)CC3=O)C2=O. The predicted octanol–water partition coefficient (Wildman–Crippen LogP) is 1.68. The first-order valence-corrected chi connectivity index (χ1v) is 10.3. The minimum Gasteiger partial charge on any atom is -0.325 e. The summed E-state index contributed by atoms with van der Waals surface area (Å²) in [6.45, 7) is 5.97. The van der Waals surface area contributed by atoms with E-state index in [1.54, 1.807) is 0 Å². The summed E-state index contributed by atoms with van der Waals surface area (Å²) in [4.78, 5) is 65.6. The molecule has 3 aliphatic rings. The first-order chi connectivity index (χ1) is 14.0. The Labute approximate surface area is 173 Å². The summed E-state index contributed by atoms with van der Waals surface area (Å²) in [5.74, 6) is -1.10. The number of hydrazine groups is 1. The van der Waals surface area contributed by atoms with Crippen molar-refractivity contribution in [2.45, 2.75) is 64.8 Å². The molecule has 1 saturated carbocycles. The number of Topliss-reactive ketones (excluding diaryl/α,β-unsaturated/α-hetero) is 1. The zero-order valence-electron chi connectivity index (χ0n) is 17.4. The summed E-state index contributed by atoms with van der Waals surface area (Å²) in [6, 6.07) is 0.549. The summed E-state index contributed by atoms with van der Waals surface area (Å²) < 4.78 is 0. The number of aromatic nitrogens is 1. The molecule has 4 amide bonds. The molecule has 0 unspecified atom stereocenters. The van der Waals surface area contributed by atoms with E-state index in [1.165, 1.54) is 6.07 Å². The van der Waals surface area contributed by atoms with Crippen LogP contribution in [0.2, 0.25) is 0 Å². The highest BCUT2D eigenvalue weighted by molar-refractivity contribution is 6.09. The second-order valence-corrected chi connectivity index (χ2v) is 9.62. The quantitative estimate of drug-likeness (QED) is 0.634. The summed E-state index contributed by atoms with van der Waals surface area (Å²) in [7, 11) is 0. The van der Waals surface area contributed by atoms with Gasteiger partial charge in [0.15, 0.2) is 5.78 Å². The average Bonchev–Trinajstić information content (AvgIpc) is 2.87. The van der Waals surface area contributed by atoms with Gasteiger partial charge in [-0.25, -0.2) is 4.79 Å². The molecule has 0 aromatic carbocycles. The summed E-state index contributed by atoms with van der Waals surface area (Å²) >= 11 is 0. The highest BCUT2D eigenvalue weighted by Gasteiger charge is 2.53. The molecular formula is C21H26N4O5. The van der Waals surface area contributed by atoms with Crippen molar-refractivity contribution >= 4 is 23.6 Å². The highest BCUT2D eigenvalue weighted by Crippen LogP contribution is 2.36. The molecule has 1 spiro atoms. The van der Waals surface area contributed by atoms with E-state index in [4.69, 9.17) is 0 Å². The van der Waals surface area contributed by atoms with E-state index in [0.717, 1.165) is 12.8 Å². The van der Waals surface area contributed by atoms with E-state index in [-0.39, 0.29) is 16.8 Å². The Morgan fingerprint density at radius 2 is 1.80 bits per heavy atom. The Morgan fingerprint density at radius 1 is 1.13 bits per heavy atom. The molecule has 2 heterocycles. The van der Waals surface area contributed by atoms with Gasteiger partial charge in [-0.2, -0.15) is 5.01 Å². The number of amides is 4. The number of ketones is 1. The fourth-order valence-electron chi connectivity index (χ4n) is 4.67. The van der Waals surface area contributed by atoms with Gasteiger partial charge in [0.25, 0.3) is 17.4 Å². The van der Waals surface area contributed by atoms with Crippen molar-refractivity contribution in [1.29, 1.82) is 0 Å². The maximum atomic E-state index is 12.9. The van der Waals surface area contributed by atoms with Crippen molar-refractivity contribution in [3.63, 3.8) is 0 Å². The Hall–Kier alpha value is -2.97. The number of H-pyrrole nitrogens is 1. The lowest BCUT2D eigenvalue weighted by Gasteiger charge is -2.33. The number of nitrogens with zero attached hydrogens (tertiary/aromatic N) is 1. The molecule has 0 bridgehead atoms. The molecule has 1 aromatic heterocycles. The molecule has 1 saturated heterocycles. The third-order valence-corrected chi connectivity index (χ3v) is 6.47. The van der Waals surface area contributed by atoms with Crippen molar-refractivity contribution in [3.8, 4) is 0 Å². The second-order valence-electron chi connectivity index (χ2n) is 9.62. The van der Waals surface area contributed by atoms with E-state index in [2.05, 4.69) is 22.7 Å². The van der Waals surface area contributed by atoms with Gasteiger partial charge in [0, 0.05) is 17.7 Å².